The predicted molar refractivity (Wildman–Crippen MR) is 239 cm³/mol. The van der Waals surface area contributed by atoms with E-state index in [1.807, 2.05) is 20.8 Å². The van der Waals surface area contributed by atoms with Gasteiger partial charge in [0.1, 0.15) is 17.7 Å². The fraction of sp³-hybridized carbons (Fsp3) is 0.854. The Morgan fingerprint density at radius 3 is 1.42 bits per heavy atom. The molecule has 4 bridgehead atoms. The summed E-state index contributed by atoms with van der Waals surface area (Å²) in [6, 6.07) is -3.67. The summed E-state index contributed by atoms with van der Waals surface area (Å²) >= 11 is 0. The number of quaternary nitrogens is 1. The number of nitrogens with zero attached hydrogens (tertiary/aromatic N) is 5. The van der Waals surface area contributed by atoms with Crippen molar-refractivity contribution >= 4 is 56.7 Å². The van der Waals surface area contributed by atoms with Gasteiger partial charge in [0.15, 0.2) is 0 Å². The molecule has 25 nitrogen and oxygen atoms in total. The fourth-order valence-corrected chi connectivity index (χ4v) is 10.9. The average Bonchev–Trinajstić information content (AvgIpc) is 3.60. The molecule has 6 saturated heterocycles. The number of nitrogens with one attached hydrogen (secondary N) is 3. The Morgan fingerprint density at radius 1 is 0.732 bits per heavy atom. The molecule has 2 saturated carbocycles. The number of likely N-dealkylation sites (tertiary alicyclic amines) is 1. The van der Waals surface area contributed by atoms with Gasteiger partial charge < -0.3 is 46.2 Å². The lowest BCUT2D eigenvalue weighted by Gasteiger charge is -2.53. The Morgan fingerprint density at radius 2 is 1.13 bits per heavy atom. The molecule has 7 amide bonds. The molecule has 71 heavy (non-hydrogen) atoms. The number of ether oxygens (including phenoxy) is 1. The minimum absolute atomic E-state index is 0.0145. The van der Waals surface area contributed by atoms with Gasteiger partial charge in [0.2, 0.25) is 11.8 Å². The lowest BCUT2D eigenvalue weighted by atomic mass is 9.67. The van der Waals surface area contributed by atoms with E-state index in [1.54, 1.807) is 4.90 Å². The van der Waals surface area contributed by atoms with Gasteiger partial charge in [0.25, 0.3) is 0 Å². The second kappa shape index (κ2) is 22.8. The zero-order chi connectivity index (χ0) is 52.9. The van der Waals surface area contributed by atoms with E-state index < -0.39 is 74.8 Å². The number of hydrogen-bond acceptors (Lipinski definition) is 14. The number of unbranched alkanes of at least 4 members (excludes halogenated alkanes) is 1. The first-order chi connectivity index (χ1) is 32.9. The molecule has 0 aromatic carbocycles. The number of amides is 7. The Hall–Kier alpha value is -4.33. The van der Waals surface area contributed by atoms with E-state index >= 15 is 0 Å². The smallest absolute Gasteiger partial charge is 0.475 e. The number of hydroxylamine groups is 4. The number of piperidine rings is 2. The lowest BCUT2D eigenvalue weighted by molar-refractivity contribution is -0.368. The molecule has 9 N–H and O–H groups in total. The van der Waals surface area contributed by atoms with Crippen LogP contribution in [0, 0.1) is 10.8 Å². The average molecular weight is 1070 g/mol. The van der Waals surface area contributed by atoms with Gasteiger partial charge in [-0.3, -0.25) is 18.7 Å². The lowest BCUT2D eigenvalue weighted by Crippen LogP contribution is -2.61. The van der Waals surface area contributed by atoms with Crippen LogP contribution in [0.3, 0.4) is 0 Å². The molecule has 0 aromatic rings. The minimum Gasteiger partial charge on any atom is -0.475 e. The summed E-state index contributed by atoms with van der Waals surface area (Å²) in [7, 11) is -9.60. The van der Waals surface area contributed by atoms with Crippen molar-refractivity contribution in [3.8, 4) is 0 Å². The van der Waals surface area contributed by atoms with Crippen molar-refractivity contribution in [2.75, 3.05) is 45.8 Å². The van der Waals surface area contributed by atoms with Crippen molar-refractivity contribution < 1.29 is 92.0 Å². The van der Waals surface area contributed by atoms with Crippen LogP contribution in [-0.2, 0) is 48.5 Å². The van der Waals surface area contributed by atoms with Crippen LogP contribution < -0.4 is 21.7 Å². The molecule has 8 aliphatic rings. The second-order valence-electron chi connectivity index (χ2n) is 20.5. The highest BCUT2D eigenvalue weighted by Crippen LogP contribution is 2.45. The Kier molecular flexibility index (Phi) is 18.5. The Bertz CT molecular complexity index is 2160. The predicted octanol–water partition coefficient (Wildman–Crippen LogP) is 1.58. The largest absolute Gasteiger partial charge is 0.490 e. The monoisotopic (exact) mass is 1060 g/mol. The van der Waals surface area contributed by atoms with Crippen LogP contribution in [0.15, 0.2) is 0 Å². The molecule has 0 unspecified atom stereocenters. The van der Waals surface area contributed by atoms with Crippen LogP contribution in [0.5, 0.6) is 0 Å². The molecule has 0 radical (unpaired) electrons. The molecule has 6 heterocycles. The van der Waals surface area contributed by atoms with E-state index in [0.29, 0.717) is 54.3 Å². The number of alkyl halides is 3. The summed E-state index contributed by atoms with van der Waals surface area (Å²) in [5.41, 5.74) is 3.65. The van der Waals surface area contributed by atoms with Crippen LogP contribution >= 0.6 is 0 Å². The molecule has 406 valence electrons. The third-order valence-corrected chi connectivity index (χ3v) is 14.6. The highest BCUT2D eigenvalue weighted by Gasteiger charge is 2.53. The molecule has 30 heteroatoms. The quantitative estimate of drug-likeness (QED) is 0.153. The highest BCUT2D eigenvalue weighted by molar-refractivity contribution is 7.81. The van der Waals surface area contributed by atoms with E-state index in [0.717, 1.165) is 71.0 Å². The van der Waals surface area contributed by atoms with Crippen LogP contribution in [0.25, 0.3) is 0 Å². The topological polar surface area (TPSA) is 339 Å². The number of rotatable bonds is 10. The van der Waals surface area contributed by atoms with Gasteiger partial charge in [-0.25, -0.2) is 19.2 Å². The standard InChI is InChI=1S/C20H32N4O8S.C15H24N4O6S.C4H11N.C2HF3O2/c1-19(2,3)31-18(27)22-11-20(12-22)8-6-13(7-9-20)21-16(25)15-5-4-14-10-23(15)17(26)24(14)32-33(28,29)30;20-13(17-10-3-5-15(6-4-10)8-16-9-15)12-2-1-11-7-18(12)14(21)19(11)25-26(22,23)24;1-2-3-4-5;3-2(4,5)1(6)7/h13-15H,4-12H2,1-3H3,(H,21,25)(H,28,29,30);10-12,16H,1-9H2,(H,17,20)(H,22,23,24);2-5H2,1H3;(H,6,7)/p+1/t14-,15+;11-,12+;;/m11../s1. The first-order valence-electron chi connectivity index (χ1n) is 23.8. The number of aliphatic carboxylic acids is 1. The number of hydrogen-bond donors (Lipinski definition) is 7. The van der Waals surface area contributed by atoms with E-state index in [2.05, 4.69) is 37.2 Å². The van der Waals surface area contributed by atoms with Crippen LogP contribution in [-0.4, -0.2) is 186 Å². The van der Waals surface area contributed by atoms with Crippen molar-refractivity contribution in [1.29, 1.82) is 0 Å². The summed E-state index contributed by atoms with van der Waals surface area (Å²) in [6.07, 6.45) is 6.26. The van der Waals surface area contributed by atoms with Gasteiger partial charge in [-0.1, -0.05) is 13.3 Å². The van der Waals surface area contributed by atoms with Gasteiger partial charge in [-0.15, -0.1) is 8.57 Å². The molecule has 8 fully saturated rings. The summed E-state index contributed by atoms with van der Waals surface area (Å²) in [5.74, 6) is -3.22. The zero-order valence-electron chi connectivity index (χ0n) is 40.4. The van der Waals surface area contributed by atoms with E-state index in [4.69, 9.17) is 23.7 Å². The molecular weight excluding hydrogens is 996 g/mol. The van der Waals surface area contributed by atoms with Gasteiger partial charge in [0.05, 0.1) is 18.6 Å². The zero-order valence-corrected chi connectivity index (χ0v) is 42.0. The molecule has 4 atom stereocenters. The summed E-state index contributed by atoms with van der Waals surface area (Å²) in [5, 5.41) is 17.8. The summed E-state index contributed by atoms with van der Waals surface area (Å²) in [6.45, 7) is 12.6. The number of carboxylic acid groups (broad SMARTS) is 1. The van der Waals surface area contributed by atoms with Gasteiger partial charge >= 0.3 is 51.1 Å². The third-order valence-electron chi connectivity index (χ3n) is 13.9. The molecule has 8 rings (SSSR count). The van der Waals surface area contributed by atoms with Crippen LogP contribution in [0.2, 0.25) is 0 Å². The number of halogens is 3. The fourth-order valence-electron chi connectivity index (χ4n) is 10.2. The number of carboxylic acids is 1. The van der Waals surface area contributed by atoms with Crippen LogP contribution in [0.1, 0.15) is 118 Å². The first-order valence-corrected chi connectivity index (χ1v) is 26.5. The maximum atomic E-state index is 12.9. The van der Waals surface area contributed by atoms with Crippen molar-refractivity contribution in [3.63, 3.8) is 0 Å². The van der Waals surface area contributed by atoms with Gasteiger partial charge in [-0.2, -0.15) is 40.1 Å². The number of carbonyl (C=O) groups excluding carboxylic acids is 5. The van der Waals surface area contributed by atoms with E-state index in [1.165, 1.54) is 22.6 Å². The van der Waals surface area contributed by atoms with Crippen LogP contribution in [0.4, 0.5) is 27.6 Å². The van der Waals surface area contributed by atoms with E-state index in [-0.39, 0.29) is 48.5 Å². The Balaban J connectivity index is 0.000000218. The number of fused-ring (bicyclic) bond motifs is 4. The van der Waals surface area contributed by atoms with E-state index in [9.17, 15) is 54.0 Å². The third kappa shape index (κ3) is 15.6. The SMILES string of the molecule is CC(C)(C)OC(=O)N1CC2(CCC(NC(=O)[C@@H]3CC[C@@H]4CN3C(=O)N4OS(=O)(=O)O)CC2)C1.CCCC[NH3+].O=C(NC1CCC2(CC1)CNC2)[C@@H]1CC[C@@H]2CN1C(=O)N2OS(=O)(=O)O.O=C(O)C(F)(F)F. The summed E-state index contributed by atoms with van der Waals surface area (Å²) < 4.78 is 108. The second-order valence-corrected chi connectivity index (χ2v) is 22.5. The van der Waals surface area contributed by atoms with Crippen molar-refractivity contribution in [2.24, 2.45) is 10.8 Å². The number of carbonyl (C=O) groups is 6. The van der Waals surface area contributed by atoms with Gasteiger partial charge in [0, 0.05) is 56.8 Å². The molecule has 2 aliphatic carbocycles. The highest BCUT2D eigenvalue weighted by atomic mass is 32.3. The van der Waals surface area contributed by atoms with Crippen molar-refractivity contribution in [2.45, 2.75) is 166 Å². The molecule has 0 aromatic heterocycles. The van der Waals surface area contributed by atoms with Gasteiger partial charge in [-0.05, 0) is 110 Å². The molecular formula is C41H69F3N9O16S2+. The minimum atomic E-state index is -5.08. The maximum absolute atomic E-state index is 12.9. The molecule has 2 spiro atoms. The first kappa shape index (κ1) is 57.6. The normalized spacial score (nSPS) is 26.7. The Labute approximate surface area is 410 Å². The molecule has 6 aliphatic heterocycles. The van der Waals surface area contributed by atoms with Crippen molar-refractivity contribution in [1.82, 2.24) is 40.8 Å². The number of urea groups is 2. The maximum Gasteiger partial charge on any atom is 0.490 e. The van der Waals surface area contributed by atoms with Crippen molar-refractivity contribution in [3.05, 3.63) is 0 Å². The summed E-state index contributed by atoms with van der Waals surface area (Å²) in [4.78, 5) is 75.9.